The van der Waals surface area contributed by atoms with E-state index in [2.05, 4.69) is 6.92 Å². The average Bonchev–Trinajstić information content (AvgIpc) is 2.27. The van der Waals surface area contributed by atoms with Gasteiger partial charge in [-0.15, -0.1) is 0 Å². The Labute approximate surface area is 110 Å². The SMILES string of the molecule is CC1CCC(N)(C(=O)OCCOC(C)(C)C)CC1. The first kappa shape index (κ1) is 15.4. The molecule has 1 rings (SSSR count). The van der Waals surface area contributed by atoms with Crippen LogP contribution >= 0.6 is 0 Å². The van der Waals surface area contributed by atoms with Crippen LogP contribution in [0.1, 0.15) is 53.4 Å². The lowest BCUT2D eigenvalue weighted by atomic mass is 9.78. The van der Waals surface area contributed by atoms with Crippen LogP contribution in [0.25, 0.3) is 0 Å². The van der Waals surface area contributed by atoms with Crippen LogP contribution in [0, 0.1) is 5.92 Å². The number of rotatable bonds is 4. The quantitative estimate of drug-likeness (QED) is 0.620. The topological polar surface area (TPSA) is 61.6 Å². The van der Waals surface area contributed by atoms with Gasteiger partial charge in [0, 0.05) is 0 Å². The lowest BCUT2D eigenvalue weighted by molar-refractivity contribution is -0.155. The molecule has 0 radical (unpaired) electrons. The van der Waals surface area contributed by atoms with Crippen molar-refractivity contribution in [3.05, 3.63) is 0 Å². The first-order valence-corrected chi connectivity index (χ1v) is 6.83. The Kier molecular flexibility index (Phi) is 5.17. The van der Waals surface area contributed by atoms with E-state index < -0.39 is 5.54 Å². The van der Waals surface area contributed by atoms with Gasteiger partial charge in [0.2, 0.25) is 0 Å². The first-order valence-electron chi connectivity index (χ1n) is 6.83. The van der Waals surface area contributed by atoms with Gasteiger partial charge in [0.25, 0.3) is 0 Å². The van der Waals surface area contributed by atoms with Crippen molar-refractivity contribution in [1.82, 2.24) is 0 Å². The zero-order chi connectivity index (χ0) is 13.8. The highest BCUT2D eigenvalue weighted by atomic mass is 16.6. The fraction of sp³-hybridized carbons (Fsp3) is 0.929. The fourth-order valence-electron chi connectivity index (χ4n) is 2.11. The molecule has 0 aromatic carbocycles. The maximum Gasteiger partial charge on any atom is 0.326 e. The third-order valence-electron chi connectivity index (χ3n) is 3.42. The zero-order valence-corrected chi connectivity index (χ0v) is 12.1. The van der Waals surface area contributed by atoms with Crippen LogP contribution in [0.15, 0.2) is 0 Å². The number of nitrogens with two attached hydrogens (primary N) is 1. The second kappa shape index (κ2) is 6.02. The lowest BCUT2D eigenvalue weighted by Crippen LogP contribution is -2.51. The molecule has 0 aromatic heterocycles. The number of carbonyl (C=O) groups is 1. The molecule has 0 unspecified atom stereocenters. The minimum atomic E-state index is -0.770. The van der Waals surface area contributed by atoms with Crippen LogP contribution in [0.2, 0.25) is 0 Å². The van der Waals surface area contributed by atoms with E-state index in [1.54, 1.807) is 0 Å². The molecule has 1 aliphatic carbocycles. The summed E-state index contributed by atoms with van der Waals surface area (Å²) in [6.45, 7) is 8.82. The maximum absolute atomic E-state index is 11.9. The van der Waals surface area contributed by atoms with Crippen molar-refractivity contribution >= 4 is 5.97 Å². The number of ether oxygens (including phenoxy) is 2. The van der Waals surface area contributed by atoms with Crippen molar-refractivity contribution in [2.45, 2.75) is 64.5 Å². The molecular weight excluding hydrogens is 230 g/mol. The van der Waals surface area contributed by atoms with Crippen LogP contribution < -0.4 is 5.73 Å². The molecule has 0 spiro atoms. The standard InChI is InChI=1S/C14H27NO3/c1-11-5-7-14(15,8-6-11)12(16)17-9-10-18-13(2,3)4/h11H,5-10,15H2,1-4H3. The van der Waals surface area contributed by atoms with Crippen molar-refractivity contribution in [1.29, 1.82) is 0 Å². The molecule has 4 heteroatoms. The van der Waals surface area contributed by atoms with Gasteiger partial charge in [-0.05, 0) is 52.4 Å². The molecule has 106 valence electrons. The van der Waals surface area contributed by atoms with E-state index in [0.29, 0.717) is 12.5 Å². The Morgan fingerprint density at radius 2 is 1.83 bits per heavy atom. The molecule has 1 aliphatic rings. The van der Waals surface area contributed by atoms with Gasteiger partial charge in [0.05, 0.1) is 12.2 Å². The lowest BCUT2D eigenvalue weighted by Gasteiger charge is -2.33. The zero-order valence-electron chi connectivity index (χ0n) is 12.1. The van der Waals surface area contributed by atoms with Crippen LogP contribution in [-0.4, -0.2) is 30.3 Å². The van der Waals surface area contributed by atoms with Crippen LogP contribution in [0.3, 0.4) is 0 Å². The third kappa shape index (κ3) is 4.94. The van der Waals surface area contributed by atoms with Crippen LogP contribution in [0.4, 0.5) is 0 Å². The molecule has 0 atom stereocenters. The molecule has 1 fully saturated rings. The van der Waals surface area contributed by atoms with Crippen molar-refractivity contribution in [3.8, 4) is 0 Å². The molecule has 0 saturated heterocycles. The minimum Gasteiger partial charge on any atom is -0.462 e. The highest BCUT2D eigenvalue weighted by Crippen LogP contribution is 2.30. The van der Waals surface area contributed by atoms with E-state index in [1.807, 2.05) is 20.8 Å². The molecule has 0 aromatic rings. The van der Waals surface area contributed by atoms with E-state index in [-0.39, 0.29) is 18.2 Å². The van der Waals surface area contributed by atoms with Gasteiger partial charge in [-0.3, -0.25) is 4.79 Å². The number of carbonyl (C=O) groups excluding carboxylic acids is 1. The van der Waals surface area contributed by atoms with Crippen LogP contribution in [-0.2, 0) is 14.3 Å². The van der Waals surface area contributed by atoms with Gasteiger partial charge in [-0.25, -0.2) is 0 Å². The Balaban J connectivity index is 2.28. The van der Waals surface area contributed by atoms with Gasteiger partial charge < -0.3 is 15.2 Å². The molecule has 0 aliphatic heterocycles. The highest BCUT2D eigenvalue weighted by Gasteiger charge is 2.38. The molecule has 0 heterocycles. The van der Waals surface area contributed by atoms with E-state index in [0.717, 1.165) is 25.7 Å². The van der Waals surface area contributed by atoms with E-state index in [9.17, 15) is 4.79 Å². The first-order chi connectivity index (χ1) is 8.23. The Morgan fingerprint density at radius 3 is 2.33 bits per heavy atom. The molecular formula is C14H27NO3. The number of esters is 1. The summed E-state index contributed by atoms with van der Waals surface area (Å²) in [5.74, 6) is 0.394. The molecule has 0 amide bonds. The van der Waals surface area contributed by atoms with E-state index in [1.165, 1.54) is 0 Å². The third-order valence-corrected chi connectivity index (χ3v) is 3.42. The van der Waals surface area contributed by atoms with Crippen molar-refractivity contribution in [2.75, 3.05) is 13.2 Å². The largest absolute Gasteiger partial charge is 0.462 e. The Bertz CT molecular complexity index is 275. The summed E-state index contributed by atoms with van der Waals surface area (Å²) in [7, 11) is 0. The normalized spacial score (nSPS) is 29.1. The summed E-state index contributed by atoms with van der Waals surface area (Å²) in [6.07, 6.45) is 3.47. The van der Waals surface area contributed by atoms with E-state index in [4.69, 9.17) is 15.2 Å². The van der Waals surface area contributed by atoms with E-state index >= 15 is 0 Å². The Hall–Kier alpha value is -0.610. The van der Waals surface area contributed by atoms with Gasteiger partial charge >= 0.3 is 5.97 Å². The predicted molar refractivity (Wildman–Crippen MR) is 71.2 cm³/mol. The summed E-state index contributed by atoms with van der Waals surface area (Å²) in [5.41, 5.74) is 5.15. The Morgan fingerprint density at radius 1 is 1.28 bits per heavy atom. The molecule has 2 N–H and O–H groups in total. The van der Waals surface area contributed by atoms with Gasteiger partial charge in [0.1, 0.15) is 12.1 Å². The maximum atomic E-state index is 11.9. The van der Waals surface area contributed by atoms with Crippen LogP contribution in [0.5, 0.6) is 0 Å². The van der Waals surface area contributed by atoms with Crippen molar-refractivity contribution in [2.24, 2.45) is 11.7 Å². The second-order valence-electron chi connectivity index (χ2n) is 6.44. The van der Waals surface area contributed by atoms with Gasteiger partial charge in [0.15, 0.2) is 0 Å². The summed E-state index contributed by atoms with van der Waals surface area (Å²) in [5, 5.41) is 0. The summed E-state index contributed by atoms with van der Waals surface area (Å²) in [6, 6.07) is 0. The van der Waals surface area contributed by atoms with Crippen molar-refractivity contribution < 1.29 is 14.3 Å². The van der Waals surface area contributed by atoms with Gasteiger partial charge in [-0.1, -0.05) is 6.92 Å². The molecule has 4 nitrogen and oxygen atoms in total. The monoisotopic (exact) mass is 257 g/mol. The molecule has 18 heavy (non-hydrogen) atoms. The average molecular weight is 257 g/mol. The molecule has 1 saturated carbocycles. The summed E-state index contributed by atoms with van der Waals surface area (Å²) in [4.78, 5) is 11.9. The molecule has 0 bridgehead atoms. The summed E-state index contributed by atoms with van der Waals surface area (Å²) >= 11 is 0. The smallest absolute Gasteiger partial charge is 0.326 e. The van der Waals surface area contributed by atoms with Gasteiger partial charge in [-0.2, -0.15) is 0 Å². The fourth-order valence-corrected chi connectivity index (χ4v) is 2.11. The second-order valence-corrected chi connectivity index (χ2v) is 6.44. The summed E-state index contributed by atoms with van der Waals surface area (Å²) < 4.78 is 10.7. The number of hydrogen-bond donors (Lipinski definition) is 1. The number of hydrogen-bond acceptors (Lipinski definition) is 4. The van der Waals surface area contributed by atoms with Crippen molar-refractivity contribution in [3.63, 3.8) is 0 Å². The minimum absolute atomic E-state index is 0.201. The predicted octanol–water partition coefficient (Wildman–Crippen LogP) is 2.25. The highest BCUT2D eigenvalue weighted by molar-refractivity contribution is 5.80.